The summed E-state index contributed by atoms with van der Waals surface area (Å²) in [6, 6.07) is 4.95. The lowest BCUT2D eigenvalue weighted by Crippen LogP contribution is -2.46. The third-order valence-electron chi connectivity index (χ3n) is 4.99. The second-order valence-electron chi connectivity index (χ2n) is 6.46. The van der Waals surface area contributed by atoms with Crippen LogP contribution in [0.5, 0.6) is 0 Å². The number of hydrogen-bond acceptors (Lipinski definition) is 4. The number of fused-ring (bicyclic) bond motifs is 2. The lowest BCUT2D eigenvalue weighted by molar-refractivity contribution is -0.138. The Bertz CT molecular complexity index is 793. The van der Waals surface area contributed by atoms with Gasteiger partial charge >= 0.3 is 5.97 Å². The molecule has 2 aliphatic carbocycles. The van der Waals surface area contributed by atoms with Crippen molar-refractivity contribution in [3.05, 3.63) is 39.9 Å². The Morgan fingerprint density at radius 3 is 2.52 bits per heavy atom. The van der Waals surface area contributed by atoms with Crippen LogP contribution in [0.2, 0.25) is 5.02 Å². The Labute approximate surface area is 149 Å². The highest BCUT2D eigenvalue weighted by molar-refractivity contribution is 6.32. The second-order valence-corrected chi connectivity index (χ2v) is 6.90. The van der Waals surface area contributed by atoms with Crippen molar-refractivity contribution in [3.8, 4) is 0 Å². The topological polar surface area (TPSA) is 104 Å². The maximum Gasteiger partial charge on any atom is 0.322 e. The Morgan fingerprint density at radius 1 is 1.20 bits per heavy atom. The van der Waals surface area contributed by atoms with Gasteiger partial charge in [0.15, 0.2) is 5.78 Å². The highest BCUT2D eigenvalue weighted by Gasteiger charge is 2.49. The van der Waals surface area contributed by atoms with Crippen molar-refractivity contribution in [1.29, 1.82) is 0 Å². The van der Waals surface area contributed by atoms with E-state index in [0.717, 1.165) is 19.3 Å². The molecule has 1 spiro atoms. The molecule has 0 aliphatic heterocycles. The number of hydrogen-bond donors (Lipinski definition) is 3. The van der Waals surface area contributed by atoms with Gasteiger partial charge in [-0.3, -0.25) is 14.4 Å². The molecule has 3 N–H and O–H groups in total. The largest absolute Gasteiger partial charge is 0.506 e. The number of aliphatic hydroxyl groups excluding tert-OH is 1. The van der Waals surface area contributed by atoms with E-state index in [1.54, 1.807) is 18.2 Å². The number of carboxylic acid groups (broad SMARTS) is 1. The molecule has 7 heteroatoms. The van der Waals surface area contributed by atoms with E-state index in [4.69, 9.17) is 16.7 Å². The third kappa shape index (κ3) is 2.91. The van der Waals surface area contributed by atoms with Gasteiger partial charge in [-0.25, -0.2) is 0 Å². The highest BCUT2D eigenvalue weighted by atomic mass is 35.5. The molecule has 0 saturated heterocycles. The summed E-state index contributed by atoms with van der Waals surface area (Å²) in [7, 11) is 0. The molecular formula is C18H18ClNO5. The van der Waals surface area contributed by atoms with Crippen molar-refractivity contribution >= 4 is 35.0 Å². The van der Waals surface area contributed by atoms with Gasteiger partial charge in [-0.2, -0.15) is 0 Å². The maximum atomic E-state index is 13.2. The number of rotatable bonds is 3. The number of amides is 1. The first-order valence-electron chi connectivity index (χ1n) is 8.15. The Kier molecular flexibility index (Phi) is 4.56. The van der Waals surface area contributed by atoms with Crippen LogP contribution in [-0.2, 0) is 19.8 Å². The number of aliphatic hydroxyl groups is 1. The van der Waals surface area contributed by atoms with Crippen LogP contribution in [0.15, 0.2) is 23.8 Å². The van der Waals surface area contributed by atoms with Crippen molar-refractivity contribution in [2.45, 2.75) is 37.5 Å². The minimum atomic E-state index is -1.23. The molecule has 2 aliphatic rings. The van der Waals surface area contributed by atoms with E-state index < -0.39 is 35.4 Å². The van der Waals surface area contributed by atoms with Crippen molar-refractivity contribution in [2.24, 2.45) is 0 Å². The SMILES string of the molecule is O=C(O)CNC(=O)C1=C(O)c2cc(Cl)ccc2C2(CCCCC2)C1=O. The number of Topliss-reactive ketones (excluding diaryl/α,β-unsaturated/α-hetero) is 1. The maximum absolute atomic E-state index is 13.2. The average Bonchev–Trinajstić information content (AvgIpc) is 2.59. The summed E-state index contributed by atoms with van der Waals surface area (Å²) in [6.07, 6.45) is 3.87. The molecule has 0 bridgehead atoms. The van der Waals surface area contributed by atoms with E-state index in [0.29, 0.717) is 29.0 Å². The fourth-order valence-electron chi connectivity index (χ4n) is 3.84. The molecule has 1 fully saturated rings. The van der Waals surface area contributed by atoms with Gasteiger partial charge in [-0.05, 0) is 30.5 Å². The van der Waals surface area contributed by atoms with Crippen LogP contribution in [0, 0.1) is 0 Å². The van der Waals surface area contributed by atoms with E-state index >= 15 is 0 Å². The number of aliphatic carboxylic acids is 1. The van der Waals surface area contributed by atoms with Crippen molar-refractivity contribution in [3.63, 3.8) is 0 Å². The van der Waals surface area contributed by atoms with Gasteiger partial charge in [0.2, 0.25) is 0 Å². The van der Waals surface area contributed by atoms with Gasteiger partial charge in [0.1, 0.15) is 17.9 Å². The van der Waals surface area contributed by atoms with E-state index in [1.807, 2.05) is 0 Å². The molecule has 1 aromatic rings. The minimum Gasteiger partial charge on any atom is -0.506 e. The smallest absolute Gasteiger partial charge is 0.322 e. The molecule has 0 radical (unpaired) electrons. The number of ketones is 1. The molecule has 3 rings (SSSR count). The lowest BCUT2D eigenvalue weighted by atomic mass is 9.61. The fraction of sp³-hybridized carbons (Fsp3) is 0.389. The van der Waals surface area contributed by atoms with Crippen LogP contribution < -0.4 is 5.32 Å². The van der Waals surface area contributed by atoms with Crippen LogP contribution in [0.25, 0.3) is 5.76 Å². The zero-order chi connectivity index (χ0) is 18.2. The summed E-state index contributed by atoms with van der Waals surface area (Å²) in [5, 5.41) is 21.8. The highest BCUT2D eigenvalue weighted by Crippen LogP contribution is 2.48. The first-order valence-corrected chi connectivity index (χ1v) is 8.53. The van der Waals surface area contributed by atoms with Gasteiger partial charge in [-0.1, -0.05) is 36.9 Å². The van der Waals surface area contributed by atoms with Gasteiger partial charge in [0.05, 0.1) is 5.41 Å². The van der Waals surface area contributed by atoms with E-state index in [-0.39, 0.29) is 5.57 Å². The number of carboxylic acids is 1. The Hall–Kier alpha value is -2.34. The molecule has 0 heterocycles. The number of carbonyl (C=O) groups excluding carboxylic acids is 2. The molecule has 1 amide bonds. The molecule has 1 saturated carbocycles. The molecule has 0 aromatic heterocycles. The number of nitrogens with one attached hydrogen (secondary N) is 1. The van der Waals surface area contributed by atoms with Gasteiger partial charge < -0.3 is 15.5 Å². The van der Waals surface area contributed by atoms with Crippen LogP contribution >= 0.6 is 11.6 Å². The minimum absolute atomic E-state index is 0.370. The molecule has 132 valence electrons. The van der Waals surface area contributed by atoms with E-state index in [1.165, 1.54) is 0 Å². The van der Waals surface area contributed by atoms with Crippen molar-refractivity contribution in [2.75, 3.05) is 6.54 Å². The predicted octanol–water partition coefficient (Wildman–Crippen LogP) is 2.59. The molecule has 25 heavy (non-hydrogen) atoms. The fourth-order valence-corrected chi connectivity index (χ4v) is 4.01. The first-order chi connectivity index (χ1) is 11.9. The Balaban J connectivity index is 2.14. The van der Waals surface area contributed by atoms with E-state index in [9.17, 15) is 19.5 Å². The van der Waals surface area contributed by atoms with Crippen LogP contribution in [0.1, 0.15) is 43.2 Å². The third-order valence-corrected chi connectivity index (χ3v) is 5.22. The van der Waals surface area contributed by atoms with E-state index in [2.05, 4.69) is 5.32 Å². The Morgan fingerprint density at radius 2 is 1.88 bits per heavy atom. The van der Waals surface area contributed by atoms with Crippen LogP contribution in [0.4, 0.5) is 0 Å². The molecular weight excluding hydrogens is 346 g/mol. The molecule has 0 atom stereocenters. The molecule has 1 aromatic carbocycles. The first kappa shape index (κ1) is 17.5. The second kappa shape index (κ2) is 6.52. The van der Waals surface area contributed by atoms with Crippen molar-refractivity contribution < 1.29 is 24.6 Å². The van der Waals surface area contributed by atoms with Gasteiger partial charge in [0, 0.05) is 10.6 Å². The molecule has 0 unspecified atom stereocenters. The summed E-state index contributed by atoms with van der Waals surface area (Å²) in [6.45, 7) is -0.627. The average molecular weight is 364 g/mol. The summed E-state index contributed by atoms with van der Waals surface area (Å²) in [5.74, 6) is -2.99. The van der Waals surface area contributed by atoms with Crippen molar-refractivity contribution in [1.82, 2.24) is 5.32 Å². The van der Waals surface area contributed by atoms with Crippen LogP contribution in [0.3, 0.4) is 0 Å². The molecule has 6 nitrogen and oxygen atoms in total. The number of carbonyl (C=O) groups is 3. The zero-order valence-corrected chi connectivity index (χ0v) is 14.2. The van der Waals surface area contributed by atoms with Gasteiger partial charge in [-0.15, -0.1) is 0 Å². The summed E-state index contributed by atoms with van der Waals surface area (Å²) in [5.41, 5.74) is -0.179. The number of halogens is 1. The van der Waals surface area contributed by atoms with Crippen LogP contribution in [-0.4, -0.2) is 34.4 Å². The van der Waals surface area contributed by atoms with Gasteiger partial charge in [0.25, 0.3) is 5.91 Å². The quantitative estimate of drug-likeness (QED) is 0.716. The summed E-state index contributed by atoms with van der Waals surface area (Å²) in [4.78, 5) is 36.3. The normalized spacial score (nSPS) is 18.8. The predicted molar refractivity (Wildman–Crippen MR) is 91.4 cm³/mol. The standard InChI is InChI=1S/C18H18ClNO5/c19-10-4-5-12-11(8-10)15(23)14(17(25)20-9-13(21)22)16(24)18(12)6-2-1-3-7-18/h4-5,8,23H,1-3,6-7,9H2,(H,20,25)(H,21,22). The summed E-state index contributed by atoms with van der Waals surface area (Å²) < 4.78 is 0. The number of benzene rings is 1. The lowest BCUT2D eigenvalue weighted by Gasteiger charge is -2.40. The monoisotopic (exact) mass is 363 g/mol. The zero-order valence-electron chi connectivity index (χ0n) is 13.5. The summed E-state index contributed by atoms with van der Waals surface area (Å²) >= 11 is 6.04.